The second kappa shape index (κ2) is 5.09. The zero-order valence-electron chi connectivity index (χ0n) is 12.1. The Hall–Kier alpha value is -2.42. The van der Waals surface area contributed by atoms with Crippen LogP contribution in [-0.4, -0.2) is 10.2 Å². The zero-order chi connectivity index (χ0) is 15.1. The van der Waals surface area contributed by atoms with Gasteiger partial charge in [-0.15, -0.1) is 0 Å². The summed E-state index contributed by atoms with van der Waals surface area (Å²) in [6.07, 6.45) is 0. The molecule has 0 heterocycles. The van der Waals surface area contributed by atoms with Gasteiger partial charge in [-0.3, -0.25) is 0 Å². The van der Waals surface area contributed by atoms with Gasteiger partial charge in [-0.25, -0.2) is 0 Å². The van der Waals surface area contributed by atoms with E-state index in [0.29, 0.717) is 0 Å². The lowest BCUT2D eigenvalue weighted by molar-refractivity contribution is 0.282. The van der Waals surface area contributed by atoms with E-state index in [1.165, 1.54) is 5.39 Å². The van der Waals surface area contributed by atoms with Crippen molar-refractivity contribution in [2.75, 3.05) is 0 Å². The number of aliphatic hydroxyl groups excluding tert-OH is 2. The van der Waals surface area contributed by atoms with Crippen molar-refractivity contribution in [2.24, 2.45) is 0 Å². The fourth-order valence-corrected chi connectivity index (χ4v) is 3.29. The van der Waals surface area contributed by atoms with Crippen molar-refractivity contribution in [2.45, 2.75) is 13.2 Å². The molecule has 4 rings (SSSR count). The van der Waals surface area contributed by atoms with E-state index in [-0.39, 0.29) is 13.2 Å². The monoisotopic (exact) mass is 288 g/mol. The summed E-state index contributed by atoms with van der Waals surface area (Å²) in [6.45, 7) is 0.0260. The Balaban J connectivity index is 2.26. The van der Waals surface area contributed by atoms with Gasteiger partial charge < -0.3 is 10.2 Å². The minimum Gasteiger partial charge on any atom is -0.392 e. The smallest absolute Gasteiger partial charge is 0.0688 e. The summed E-state index contributed by atoms with van der Waals surface area (Å²) in [5.41, 5.74) is 1.81. The molecule has 0 aliphatic heterocycles. The number of aliphatic hydroxyl groups is 2. The Morgan fingerprint density at radius 2 is 1.45 bits per heavy atom. The normalized spacial score (nSPS) is 11.5. The van der Waals surface area contributed by atoms with Crippen molar-refractivity contribution < 1.29 is 10.2 Å². The molecule has 0 aliphatic carbocycles. The highest BCUT2D eigenvalue weighted by atomic mass is 16.3. The van der Waals surface area contributed by atoms with E-state index in [1.807, 2.05) is 30.3 Å². The van der Waals surface area contributed by atoms with Crippen LogP contribution in [0.4, 0.5) is 0 Å². The first kappa shape index (κ1) is 13.3. The number of hydrogen-bond acceptors (Lipinski definition) is 2. The molecule has 2 N–H and O–H groups in total. The average Bonchev–Trinajstić information content (AvgIpc) is 2.59. The molecule has 0 unspecified atom stereocenters. The van der Waals surface area contributed by atoms with E-state index < -0.39 is 0 Å². The van der Waals surface area contributed by atoms with E-state index in [9.17, 15) is 10.2 Å². The molecule has 0 amide bonds. The fraction of sp³-hybridized carbons (Fsp3) is 0.100. The summed E-state index contributed by atoms with van der Waals surface area (Å²) in [7, 11) is 0. The molecule has 108 valence electrons. The van der Waals surface area contributed by atoms with Gasteiger partial charge in [0.2, 0.25) is 0 Å². The Bertz CT molecular complexity index is 1000. The van der Waals surface area contributed by atoms with Gasteiger partial charge in [0.15, 0.2) is 0 Å². The fourth-order valence-electron chi connectivity index (χ4n) is 3.29. The molecule has 4 aromatic carbocycles. The van der Waals surface area contributed by atoms with Crippen LogP contribution in [0.2, 0.25) is 0 Å². The molecule has 0 bridgehead atoms. The first-order chi connectivity index (χ1) is 10.8. The van der Waals surface area contributed by atoms with Crippen LogP contribution in [0.5, 0.6) is 0 Å². The Morgan fingerprint density at radius 3 is 2.27 bits per heavy atom. The third kappa shape index (κ3) is 1.89. The highest BCUT2D eigenvalue weighted by Gasteiger charge is 2.10. The molecule has 0 saturated carbocycles. The molecule has 0 spiro atoms. The predicted octanol–water partition coefficient (Wildman–Crippen LogP) is 4.13. The predicted molar refractivity (Wildman–Crippen MR) is 90.8 cm³/mol. The highest BCUT2D eigenvalue weighted by Crippen LogP contribution is 2.34. The van der Waals surface area contributed by atoms with E-state index in [2.05, 4.69) is 30.3 Å². The maximum absolute atomic E-state index is 9.83. The highest BCUT2D eigenvalue weighted by molar-refractivity contribution is 6.18. The summed E-state index contributed by atoms with van der Waals surface area (Å²) >= 11 is 0. The van der Waals surface area contributed by atoms with Crippen LogP contribution in [0, 0.1) is 0 Å². The van der Waals surface area contributed by atoms with Gasteiger partial charge in [-0.05, 0) is 55.6 Å². The maximum Gasteiger partial charge on any atom is 0.0688 e. The summed E-state index contributed by atoms with van der Waals surface area (Å²) in [5, 5.41) is 26.0. The molecule has 0 saturated heterocycles. The second-order valence-corrected chi connectivity index (χ2v) is 5.62. The van der Waals surface area contributed by atoms with Crippen molar-refractivity contribution in [1.82, 2.24) is 0 Å². The Morgan fingerprint density at radius 1 is 0.636 bits per heavy atom. The average molecular weight is 288 g/mol. The van der Waals surface area contributed by atoms with Crippen LogP contribution in [0.15, 0.2) is 60.7 Å². The first-order valence-electron chi connectivity index (χ1n) is 7.39. The molecule has 0 aliphatic rings. The van der Waals surface area contributed by atoms with Gasteiger partial charge in [0, 0.05) is 0 Å². The largest absolute Gasteiger partial charge is 0.392 e. The lowest BCUT2D eigenvalue weighted by Gasteiger charge is -2.12. The van der Waals surface area contributed by atoms with Crippen molar-refractivity contribution >= 4 is 32.3 Å². The van der Waals surface area contributed by atoms with E-state index in [0.717, 1.165) is 38.1 Å². The third-order valence-electron chi connectivity index (χ3n) is 4.34. The molecule has 2 heteroatoms. The molecule has 0 atom stereocenters. The number of fused-ring (bicyclic) bond motifs is 5. The topological polar surface area (TPSA) is 40.5 Å². The third-order valence-corrected chi connectivity index (χ3v) is 4.34. The van der Waals surface area contributed by atoms with Crippen LogP contribution in [0.3, 0.4) is 0 Å². The van der Waals surface area contributed by atoms with E-state index in [1.54, 1.807) is 0 Å². The molecule has 2 nitrogen and oxygen atoms in total. The van der Waals surface area contributed by atoms with Crippen molar-refractivity contribution in [3.05, 3.63) is 71.8 Å². The molecule has 0 aromatic heterocycles. The van der Waals surface area contributed by atoms with Crippen LogP contribution >= 0.6 is 0 Å². The minimum absolute atomic E-state index is 0.00377. The first-order valence-corrected chi connectivity index (χ1v) is 7.39. The van der Waals surface area contributed by atoms with Gasteiger partial charge in [0.05, 0.1) is 13.2 Å². The summed E-state index contributed by atoms with van der Waals surface area (Å²) in [6, 6.07) is 20.5. The molecular formula is C20H16O2. The summed E-state index contributed by atoms with van der Waals surface area (Å²) in [4.78, 5) is 0. The standard InChI is InChI=1S/C20H16O2/c21-11-13-5-6-14-7-8-18-17-4-2-1-3-15(17)10-16(12-22)20(18)19(14)9-13/h1-10,21-22H,11-12H2. The van der Waals surface area contributed by atoms with Gasteiger partial charge in [-0.1, -0.05) is 48.5 Å². The zero-order valence-corrected chi connectivity index (χ0v) is 12.1. The van der Waals surface area contributed by atoms with Crippen LogP contribution in [0.25, 0.3) is 32.3 Å². The van der Waals surface area contributed by atoms with Crippen LogP contribution in [0.1, 0.15) is 11.1 Å². The van der Waals surface area contributed by atoms with Crippen molar-refractivity contribution in [3.63, 3.8) is 0 Å². The Labute approximate surface area is 128 Å². The van der Waals surface area contributed by atoms with Gasteiger partial charge >= 0.3 is 0 Å². The van der Waals surface area contributed by atoms with Crippen LogP contribution in [-0.2, 0) is 13.2 Å². The molecule has 0 radical (unpaired) electrons. The number of benzene rings is 4. The number of hydrogen-bond donors (Lipinski definition) is 2. The molecule has 4 aromatic rings. The van der Waals surface area contributed by atoms with Gasteiger partial charge in [0.1, 0.15) is 0 Å². The lowest BCUT2D eigenvalue weighted by Crippen LogP contribution is -1.91. The quantitative estimate of drug-likeness (QED) is 0.544. The summed E-state index contributed by atoms with van der Waals surface area (Å²) < 4.78 is 0. The molecule has 0 fully saturated rings. The van der Waals surface area contributed by atoms with Crippen molar-refractivity contribution in [3.8, 4) is 0 Å². The minimum atomic E-state index is 0.00377. The van der Waals surface area contributed by atoms with Crippen LogP contribution < -0.4 is 0 Å². The maximum atomic E-state index is 9.83. The van der Waals surface area contributed by atoms with E-state index >= 15 is 0 Å². The van der Waals surface area contributed by atoms with Crippen molar-refractivity contribution in [1.29, 1.82) is 0 Å². The lowest BCUT2D eigenvalue weighted by atomic mass is 9.92. The SMILES string of the molecule is OCc1ccc2ccc3c4ccccc4cc(CO)c3c2c1. The molecule has 22 heavy (non-hydrogen) atoms. The van der Waals surface area contributed by atoms with Gasteiger partial charge in [0.25, 0.3) is 0 Å². The summed E-state index contributed by atoms with van der Waals surface area (Å²) in [5.74, 6) is 0. The van der Waals surface area contributed by atoms with Gasteiger partial charge in [-0.2, -0.15) is 0 Å². The Kier molecular flexibility index (Phi) is 3.07. The van der Waals surface area contributed by atoms with E-state index in [4.69, 9.17) is 0 Å². The second-order valence-electron chi connectivity index (χ2n) is 5.62. The number of rotatable bonds is 2. The molecular weight excluding hydrogens is 272 g/mol.